The molecule has 0 radical (unpaired) electrons. The van der Waals surface area contributed by atoms with E-state index in [1.54, 1.807) is 25.3 Å². The lowest BCUT2D eigenvalue weighted by Crippen LogP contribution is -2.52. The van der Waals surface area contributed by atoms with Gasteiger partial charge in [0, 0.05) is 42.5 Å². The maximum Gasteiger partial charge on any atom is 0.319 e. The quantitative estimate of drug-likeness (QED) is 0.184. The first-order valence-corrected chi connectivity index (χ1v) is 17.8. The minimum atomic E-state index is -1.16. The number of hydrogen-bond acceptors (Lipinski definition) is 9. The second kappa shape index (κ2) is 13.9. The molecule has 1 saturated carbocycles. The molecule has 2 aliphatic heterocycles. The van der Waals surface area contributed by atoms with E-state index in [1.165, 1.54) is 12.3 Å². The Hall–Kier alpha value is -4.06. The molecule has 11 heteroatoms. The van der Waals surface area contributed by atoms with Crippen LogP contribution in [0.2, 0.25) is 0 Å². The molecule has 264 valence electrons. The van der Waals surface area contributed by atoms with Gasteiger partial charge in [0.15, 0.2) is 5.82 Å². The first-order chi connectivity index (χ1) is 24.2. The molecular formula is C39H46F2N6O3. The second-order valence-corrected chi connectivity index (χ2v) is 14.4. The van der Waals surface area contributed by atoms with E-state index in [9.17, 15) is 5.11 Å². The molecule has 9 nitrogen and oxygen atoms in total. The Morgan fingerprint density at radius 2 is 2.00 bits per heavy atom. The number of anilines is 1. The van der Waals surface area contributed by atoms with Crippen molar-refractivity contribution in [3.63, 3.8) is 0 Å². The molecule has 4 heterocycles. The van der Waals surface area contributed by atoms with E-state index in [2.05, 4.69) is 9.88 Å². The van der Waals surface area contributed by atoms with Gasteiger partial charge in [0.2, 0.25) is 0 Å². The number of fused-ring (bicyclic) bond motifs is 3. The molecule has 0 bridgehead atoms. The van der Waals surface area contributed by atoms with Crippen LogP contribution in [0.1, 0.15) is 58.4 Å². The van der Waals surface area contributed by atoms with E-state index in [4.69, 9.17) is 24.9 Å². The molecule has 2 N–H and O–H groups in total. The van der Waals surface area contributed by atoms with Crippen LogP contribution in [-0.4, -0.2) is 88.8 Å². The first-order valence-electron chi connectivity index (χ1n) is 17.8. The fraction of sp³-hybridized carbons (Fsp3) is 0.487. The number of aliphatic hydroxyl groups is 1. The normalized spacial score (nSPS) is 24.8. The van der Waals surface area contributed by atoms with E-state index < -0.39 is 11.4 Å². The highest BCUT2D eigenvalue weighted by atomic mass is 19.1. The molecule has 1 aliphatic carbocycles. The Labute approximate surface area is 291 Å². The van der Waals surface area contributed by atoms with Gasteiger partial charge in [-0.1, -0.05) is 43.7 Å². The Balaban J connectivity index is 1.32. The molecule has 50 heavy (non-hydrogen) atoms. The molecule has 2 saturated heterocycles. The zero-order valence-electron chi connectivity index (χ0n) is 29.1. The van der Waals surface area contributed by atoms with Gasteiger partial charge in [-0.3, -0.25) is 9.88 Å². The highest BCUT2D eigenvalue weighted by molar-refractivity contribution is 6.00. The number of nitrogens with zero attached hydrogens (tertiary/aromatic N) is 5. The van der Waals surface area contributed by atoms with Gasteiger partial charge in [-0.05, 0) is 80.5 Å². The summed E-state index contributed by atoms with van der Waals surface area (Å²) in [6.45, 7) is 8.83. The number of ether oxygens (including phenoxy) is 2. The number of halogens is 2. The maximum absolute atomic E-state index is 17.0. The largest absolute Gasteiger partial charge is 0.463 e. The van der Waals surface area contributed by atoms with Gasteiger partial charge in [-0.2, -0.15) is 9.97 Å². The molecule has 4 aromatic rings. The summed E-state index contributed by atoms with van der Waals surface area (Å²) in [6, 6.07) is 9.01. The van der Waals surface area contributed by atoms with Crippen molar-refractivity contribution in [3.8, 4) is 17.3 Å². The fourth-order valence-corrected chi connectivity index (χ4v) is 8.53. The molecule has 3 unspecified atom stereocenters. The van der Waals surface area contributed by atoms with Crippen LogP contribution in [0.3, 0.4) is 0 Å². The van der Waals surface area contributed by atoms with E-state index in [-0.39, 0.29) is 41.6 Å². The van der Waals surface area contributed by atoms with Gasteiger partial charge in [-0.15, -0.1) is 0 Å². The van der Waals surface area contributed by atoms with Crippen molar-refractivity contribution >= 4 is 33.7 Å². The Bertz CT molecular complexity index is 1950. The fourth-order valence-electron chi connectivity index (χ4n) is 8.53. The number of nitrogens with one attached hydrogen (secondary N) is 1. The van der Waals surface area contributed by atoms with Crippen molar-refractivity contribution in [3.05, 3.63) is 65.4 Å². The minimum Gasteiger partial charge on any atom is -0.463 e. The van der Waals surface area contributed by atoms with Gasteiger partial charge >= 0.3 is 6.01 Å². The maximum atomic E-state index is 17.0. The van der Waals surface area contributed by atoms with E-state index in [0.717, 1.165) is 56.2 Å². The molecule has 7 rings (SSSR count). The second-order valence-electron chi connectivity index (χ2n) is 14.4. The molecule has 2 aromatic heterocycles. The summed E-state index contributed by atoms with van der Waals surface area (Å²) in [7, 11) is 0. The number of hydrogen-bond donors (Lipinski definition) is 2. The average molecular weight is 685 g/mol. The lowest BCUT2D eigenvalue weighted by molar-refractivity contribution is -0.0123. The van der Waals surface area contributed by atoms with Crippen LogP contribution in [0.4, 0.5) is 14.6 Å². The van der Waals surface area contributed by atoms with Gasteiger partial charge in [0.05, 0.1) is 31.8 Å². The molecule has 3 atom stereocenters. The van der Waals surface area contributed by atoms with Gasteiger partial charge in [-0.25, -0.2) is 8.78 Å². The van der Waals surface area contributed by atoms with E-state index in [0.29, 0.717) is 59.9 Å². The molecule has 3 aliphatic rings. The number of likely N-dealkylation sites (tertiary alicyclic amines) is 1. The topological polar surface area (TPSA) is 108 Å². The van der Waals surface area contributed by atoms with Crippen molar-refractivity contribution in [2.45, 2.75) is 70.9 Å². The zero-order chi connectivity index (χ0) is 35.0. The van der Waals surface area contributed by atoms with E-state index >= 15 is 8.78 Å². The van der Waals surface area contributed by atoms with E-state index in [1.807, 2.05) is 37.0 Å². The van der Waals surface area contributed by atoms with Crippen molar-refractivity contribution < 1.29 is 23.4 Å². The monoisotopic (exact) mass is 684 g/mol. The number of rotatable bonds is 9. The summed E-state index contributed by atoms with van der Waals surface area (Å²) in [5.41, 5.74) is 0.861. The summed E-state index contributed by atoms with van der Waals surface area (Å²) in [5.74, 6) is -0.560. The lowest BCUT2D eigenvalue weighted by atomic mass is 9.75. The third-order valence-electron chi connectivity index (χ3n) is 10.9. The van der Waals surface area contributed by atoms with Crippen molar-refractivity contribution in [1.29, 1.82) is 5.41 Å². The van der Waals surface area contributed by atoms with Crippen LogP contribution in [-0.2, 0) is 11.2 Å². The molecule has 3 fully saturated rings. The summed E-state index contributed by atoms with van der Waals surface area (Å²) in [4.78, 5) is 18.6. The van der Waals surface area contributed by atoms with Crippen LogP contribution >= 0.6 is 0 Å². The van der Waals surface area contributed by atoms with Crippen molar-refractivity contribution in [2.24, 2.45) is 5.41 Å². The Morgan fingerprint density at radius 3 is 2.80 bits per heavy atom. The van der Waals surface area contributed by atoms with Crippen LogP contribution in [0, 0.1) is 22.5 Å². The number of pyridine rings is 1. The summed E-state index contributed by atoms with van der Waals surface area (Å²) in [5, 5.41) is 20.7. The highest BCUT2D eigenvalue weighted by Gasteiger charge is 2.48. The first kappa shape index (κ1) is 34.4. The zero-order valence-corrected chi connectivity index (χ0v) is 29.1. The molecule has 0 spiro atoms. The number of β-amino-alcohol motifs (C(OH)–C–C–N with tert-alkyl or cyclic N) is 1. The third kappa shape index (κ3) is 6.35. The third-order valence-corrected chi connectivity index (χ3v) is 10.9. The van der Waals surface area contributed by atoms with Gasteiger partial charge in [0.1, 0.15) is 28.4 Å². The minimum absolute atomic E-state index is 0.0562. The van der Waals surface area contributed by atoms with Crippen LogP contribution in [0.15, 0.2) is 48.2 Å². The van der Waals surface area contributed by atoms with Gasteiger partial charge in [0.25, 0.3) is 0 Å². The molecular weight excluding hydrogens is 638 g/mol. The number of aromatic nitrogens is 3. The Kier molecular flexibility index (Phi) is 9.58. The summed E-state index contributed by atoms with van der Waals surface area (Å²) < 4.78 is 44.3. The molecule has 0 amide bonds. The van der Waals surface area contributed by atoms with Crippen molar-refractivity contribution in [1.82, 2.24) is 19.9 Å². The number of benzene rings is 2. The standard InChI is InChI=1S/C39H46F2N6O3/c1-4-25(19-42)21-46-16-8-15-39(14-7-11-31(39)46)24-50-37-44-35-29(36(45-37)47-17-18-49-23-38(3,48)22-47)20-43-34(33(35)41)28-10-6-9-26-12-13-30(40)27(5-2)32(26)28/h4,6,9-10,12-13,19-20,31,42,48H,5,7-8,11,14-18,21-24H2,1-3H3/b25-4+,42-19?. The molecule has 2 aromatic carbocycles. The summed E-state index contributed by atoms with van der Waals surface area (Å²) >= 11 is 0. The average Bonchev–Trinajstić information content (AvgIpc) is 3.47. The SMILES string of the molecule is C/C=C(\C=N)CN1CCCC2(COc3nc(N4CCOCC(C)(O)C4)c4cnc(-c5cccc6ccc(F)c(CC)c56)c(F)c4n3)CCCC12. The number of allylic oxidation sites excluding steroid dienone is 1. The lowest BCUT2D eigenvalue weighted by Gasteiger charge is -2.46. The van der Waals surface area contributed by atoms with Crippen LogP contribution < -0.4 is 9.64 Å². The number of piperidine rings is 1. The predicted molar refractivity (Wildman–Crippen MR) is 192 cm³/mol. The van der Waals surface area contributed by atoms with Crippen molar-refractivity contribution in [2.75, 3.05) is 50.9 Å². The summed E-state index contributed by atoms with van der Waals surface area (Å²) in [6.07, 6.45) is 10.6. The highest BCUT2D eigenvalue weighted by Crippen LogP contribution is 2.48. The predicted octanol–water partition coefficient (Wildman–Crippen LogP) is 6.88. The Morgan fingerprint density at radius 1 is 1.16 bits per heavy atom. The van der Waals surface area contributed by atoms with Crippen LogP contribution in [0.25, 0.3) is 32.9 Å². The number of aryl methyl sites for hydroxylation is 1. The smallest absolute Gasteiger partial charge is 0.319 e. The van der Waals surface area contributed by atoms with Gasteiger partial charge < -0.3 is 24.9 Å². The van der Waals surface area contributed by atoms with Crippen LogP contribution in [0.5, 0.6) is 6.01 Å².